The van der Waals surface area contributed by atoms with Crippen LogP contribution in [0.3, 0.4) is 0 Å². The monoisotopic (exact) mass is 295 g/mol. The van der Waals surface area contributed by atoms with E-state index in [4.69, 9.17) is 11.6 Å². The van der Waals surface area contributed by atoms with Gasteiger partial charge in [0.25, 0.3) is 5.91 Å². The largest absolute Gasteiger partial charge is 0.373 e. The van der Waals surface area contributed by atoms with E-state index in [1.165, 1.54) is 6.20 Å². The number of halogens is 1. The molecule has 5 heteroatoms. The summed E-state index contributed by atoms with van der Waals surface area (Å²) in [6.07, 6.45) is 4.75. The average Bonchev–Trinajstić information content (AvgIpc) is 2.43. The first-order chi connectivity index (χ1) is 9.51. The molecule has 3 unspecified atom stereocenters. The van der Waals surface area contributed by atoms with Crippen molar-refractivity contribution in [2.45, 2.75) is 39.2 Å². The lowest BCUT2D eigenvalue weighted by atomic mass is 9.79. The molecular weight excluding hydrogens is 274 g/mol. The lowest BCUT2D eigenvalue weighted by molar-refractivity contribution is 0.0910. The number of carbonyl (C=O) groups is 1. The van der Waals surface area contributed by atoms with Crippen LogP contribution in [0.4, 0.5) is 5.82 Å². The molecule has 0 saturated heterocycles. The van der Waals surface area contributed by atoms with E-state index < -0.39 is 0 Å². The molecule has 20 heavy (non-hydrogen) atoms. The van der Waals surface area contributed by atoms with Crippen LogP contribution >= 0.6 is 11.6 Å². The number of aromatic nitrogens is 1. The minimum atomic E-state index is -0.111. The summed E-state index contributed by atoms with van der Waals surface area (Å²) in [7, 11) is 1.77. The van der Waals surface area contributed by atoms with E-state index in [0.29, 0.717) is 22.3 Å². The molecule has 110 valence electrons. The molecule has 1 aromatic heterocycles. The number of anilines is 1. The van der Waals surface area contributed by atoms with E-state index in [1.807, 2.05) is 0 Å². The Morgan fingerprint density at radius 2 is 2.10 bits per heavy atom. The number of hydrogen-bond donors (Lipinski definition) is 2. The summed E-state index contributed by atoms with van der Waals surface area (Å²) in [5, 5.41) is 6.40. The standard InChI is InChI=1S/C15H22ClN3O/c1-9-4-5-11(6-10(9)2)19-15(20)12-7-14(17-3)18-8-13(12)16/h7-11H,4-6H2,1-3H3,(H,17,18)(H,19,20). The third-order valence-corrected chi connectivity index (χ3v) is 4.59. The second-order valence-corrected chi connectivity index (χ2v) is 6.14. The van der Waals surface area contributed by atoms with Gasteiger partial charge in [0.05, 0.1) is 10.6 Å². The molecule has 0 radical (unpaired) electrons. The van der Waals surface area contributed by atoms with Crippen LogP contribution in [0, 0.1) is 11.8 Å². The second-order valence-electron chi connectivity index (χ2n) is 5.74. The van der Waals surface area contributed by atoms with Crippen LogP contribution in [0.15, 0.2) is 12.3 Å². The molecule has 0 spiro atoms. The maximum Gasteiger partial charge on any atom is 0.253 e. The Balaban J connectivity index is 2.05. The van der Waals surface area contributed by atoms with E-state index in [-0.39, 0.29) is 11.9 Å². The lowest BCUT2D eigenvalue weighted by Crippen LogP contribution is -2.40. The molecule has 1 aliphatic rings. The average molecular weight is 296 g/mol. The van der Waals surface area contributed by atoms with Crippen LogP contribution in [0.25, 0.3) is 0 Å². The molecule has 2 rings (SSSR count). The number of carbonyl (C=O) groups excluding carboxylic acids is 1. The zero-order valence-corrected chi connectivity index (χ0v) is 13.0. The number of nitrogens with zero attached hydrogens (tertiary/aromatic N) is 1. The predicted molar refractivity (Wildman–Crippen MR) is 82.2 cm³/mol. The van der Waals surface area contributed by atoms with E-state index >= 15 is 0 Å². The van der Waals surface area contributed by atoms with Crippen molar-refractivity contribution < 1.29 is 4.79 Å². The Morgan fingerprint density at radius 3 is 2.75 bits per heavy atom. The van der Waals surface area contributed by atoms with Crippen molar-refractivity contribution in [3.63, 3.8) is 0 Å². The van der Waals surface area contributed by atoms with Crippen molar-refractivity contribution in [3.8, 4) is 0 Å². The molecule has 3 atom stereocenters. The maximum atomic E-state index is 12.3. The van der Waals surface area contributed by atoms with Gasteiger partial charge in [0.2, 0.25) is 0 Å². The second kappa shape index (κ2) is 6.44. The summed E-state index contributed by atoms with van der Waals surface area (Å²) >= 11 is 6.07. The molecule has 1 fully saturated rings. The summed E-state index contributed by atoms with van der Waals surface area (Å²) in [4.78, 5) is 16.4. The molecule has 1 aliphatic carbocycles. The molecule has 1 aromatic rings. The fraction of sp³-hybridized carbons (Fsp3) is 0.600. The van der Waals surface area contributed by atoms with Crippen LogP contribution in [-0.4, -0.2) is 24.0 Å². The minimum Gasteiger partial charge on any atom is -0.373 e. The van der Waals surface area contributed by atoms with Crippen molar-refractivity contribution in [2.75, 3.05) is 12.4 Å². The zero-order chi connectivity index (χ0) is 14.7. The first-order valence-electron chi connectivity index (χ1n) is 7.15. The molecule has 4 nitrogen and oxygen atoms in total. The third kappa shape index (κ3) is 3.42. The Hall–Kier alpha value is -1.29. The van der Waals surface area contributed by atoms with Crippen molar-refractivity contribution in [1.29, 1.82) is 0 Å². The number of amides is 1. The Labute approximate surface area is 125 Å². The highest BCUT2D eigenvalue weighted by Gasteiger charge is 2.26. The van der Waals surface area contributed by atoms with Gasteiger partial charge >= 0.3 is 0 Å². The summed E-state index contributed by atoms with van der Waals surface area (Å²) in [5.74, 6) is 1.92. The van der Waals surface area contributed by atoms with Gasteiger partial charge in [-0.2, -0.15) is 0 Å². The van der Waals surface area contributed by atoms with Gasteiger partial charge in [-0.3, -0.25) is 4.79 Å². The molecule has 0 aliphatic heterocycles. The highest BCUT2D eigenvalue weighted by atomic mass is 35.5. The smallest absolute Gasteiger partial charge is 0.253 e. The molecule has 1 saturated carbocycles. The minimum absolute atomic E-state index is 0.111. The first-order valence-corrected chi connectivity index (χ1v) is 7.53. The fourth-order valence-corrected chi connectivity index (χ4v) is 2.88. The summed E-state index contributed by atoms with van der Waals surface area (Å²) < 4.78 is 0. The molecule has 0 bridgehead atoms. The molecule has 1 heterocycles. The highest BCUT2D eigenvalue weighted by molar-refractivity contribution is 6.33. The van der Waals surface area contributed by atoms with Crippen LogP contribution in [0.2, 0.25) is 5.02 Å². The summed E-state index contributed by atoms with van der Waals surface area (Å²) in [6, 6.07) is 1.93. The van der Waals surface area contributed by atoms with Crippen molar-refractivity contribution in [2.24, 2.45) is 11.8 Å². The lowest BCUT2D eigenvalue weighted by Gasteiger charge is -2.32. The van der Waals surface area contributed by atoms with Crippen LogP contribution in [0.1, 0.15) is 43.5 Å². The quantitative estimate of drug-likeness (QED) is 0.899. The molecule has 1 amide bonds. The Morgan fingerprint density at radius 1 is 1.35 bits per heavy atom. The topological polar surface area (TPSA) is 54.0 Å². The van der Waals surface area contributed by atoms with Crippen molar-refractivity contribution in [1.82, 2.24) is 10.3 Å². The summed E-state index contributed by atoms with van der Waals surface area (Å²) in [6.45, 7) is 4.53. The van der Waals surface area contributed by atoms with Crippen LogP contribution in [-0.2, 0) is 0 Å². The normalized spacial score (nSPS) is 26.1. The van der Waals surface area contributed by atoms with Gasteiger partial charge in [-0.05, 0) is 37.2 Å². The molecule has 2 N–H and O–H groups in total. The van der Waals surface area contributed by atoms with E-state index in [9.17, 15) is 4.79 Å². The van der Waals surface area contributed by atoms with Crippen LogP contribution in [0.5, 0.6) is 0 Å². The predicted octanol–water partition coefficient (Wildman–Crippen LogP) is 3.33. The van der Waals surface area contributed by atoms with Gasteiger partial charge in [0, 0.05) is 19.3 Å². The Kier molecular flexibility index (Phi) is 4.86. The summed E-state index contributed by atoms with van der Waals surface area (Å²) in [5.41, 5.74) is 0.484. The first kappa shape index (κ1) is 15.1. The van der Waals surface area contributed by atoms with Crippen LogP contribution < -0.4 is 10.6 Å². The zero-order valence-electron chi connectivity index (χ0n) is 12.2. The van der Waals surface area contributed by atoms with Crippen molar-refractivity contribution in [3.05, 3.63) is 22.8 Å². The number of rotatable bonds is 3. The molecule has 0 aromatic carbocycles. The maximum absolute atomic E-state index is 12.3. The van der Waals surface area contributed by atoms with Crippen molar-refractivity contribution >= 4 is 23.3 Å². The fourth-order valence-electron chi connectivity index (χ4n) is 2.69. The van der Waals surface area contributed by atoms with E-state index in [2.05, 4.69) is 29.5 Å². The van der Waals surface area contributed by atoms with Gasteiger partial charge in [-0.25, -0.2) is 4.98 Å². The SMILES string of the molecule is CNc1cc(C(=O)NC2CCC(C)C(C)C2)c(Cl)cn1. The van der Waals surface area contributed by atoms with E-state index in [0.717, 1.165) is 25.2 Å². The van der Waals surface area contributed by atoms with Gasteiger partial charge in [0.15, 0.2) is 0 Å². The third-order valence-electron chi connectivity index (χ3n) is 4.29. The highest BCUT2D eigenvalue weighted by Crippen LogP contribution is 2.29. The van der Waals surface area contributed by atoms with Gasteiger partial charge in [-0.1, -0.05) is 25.4 Å². The van der Waals surface area contributed by atoms with Gasteiger partial charge < -0.3 is 10.6 Å². The van der Waals surface area contributed by atoms with Gasteiger partial charge in [-0.15, -0.1) is 0 Å². The Bertz CT molecular complexity index is 492. The number of pyridine rings is 1. The van der Waals surface area contributed by atoms with Gasteiger partial charge in [0.1, 0.15) is 5.82 Å². The number of nitrogens with one attached hydrogen (secondary N) is 2. The van der Waals surface area contributed by atoms with E-state index in [1.54, 1.807) is 13.1 Å². The molecular formula is C15H22ClN3O. The number of hydrogen-bond acceptors (Lipinski definition) is 3.